The number of rotatable bonds is 4. The van der Waals surface area contributed by atoms with Gasteiger partial charge in [-0.15, -0.1) is 0 Å². The first-order chi connectivity index (χ1) is 15.4. The van der Waals surface area contributed by atoms with Gasteiger partial charge in [0.15, 0.2) is 0 Å². The summed E-state index contributed by atoms with van der Waals surface area (Å²) < 4.78 is 0. The van der Waals surface area contributed by atoms with E-state index in [1.165, 1.54) is 4.90 Å². The number of piperidine rings is 1. The van der Waals surface area contributed by atoms with Gasteiger partial charge in [-0.05, 0) is 48.2 Å². The van der Waals surface area contributed by atoms with Gasteiger partial charge >= 0.3 is 6.03 Å². The SMILES string of the molecule is Cc1ccc(C#N)c(NC(=O)NCc2ccc3c(c2)CN(C2CCC(=O)NC2=O)C3=O)c1. The molecule has 1 atom stereocenters. The Balaban J connectivity index is 1.40. The first kappa shape index (κ1) is 21.1. The van der Waals surface area contributed by atoms with E-state index in [0.29, 0.717) is 23.2 Å². The van der Waals surface area contributed by atoms with Crippen molar-refractivity contribution in [3.63, 3.8) is 0 Å². The number of hydrogen-bond donors (Lipinski definition) is 3. The van der Waals surface area contributed by atoms with Gasteiger partial charge in [-0.25, -0.2) is 4.79 Å². The van der Waals surface area contributed by atoms with E-state index in [1.54, 1.807) is 30.3 Å². The Labute approximate surface area is 184 Å². The molecule has 2 aromatic rings. The summed E-state index contributed by atoms with van der Waals surface area (Å²) in [6.45, 7) is 2.36. The molecule has 32 heavy (non-hydrogen) atoms. The summed E-state index contributed by atoms with van der Waals surface area (Å²) in [6.07, 6.45) is 0.512. The predicted octanol–water partition coefficient (Wildman–Crippen LogP) is 1.95. The fraction of sp³-hybridized carbons (Fsp3) is 0.261. The molecule has 9 heteroatoms. The summed E-state index contributed by atoms with van der Waals surface area (Å²) in [7, 11) is 0. The molecule has 2 aliphatic rings. The van der Waals surface area contributed by atoms with E-state index >= 15 is 0 Å². The number of urea groups is 1. The van der Waals surface area contributed by atoms with Crippen LogP contribution in [0.2, 0.25) is 0 Å². The van der Waals surface area contributed by atoms with Crippen LogP contribution >= 0.6 is 0 Å². The van der Waals surface area contributed by atoms with Crippen molar-refractivity contribution in [3.8, 4) is 6.07 Å². The first-order valence-electron chi connectivity index (χ1n) is 10.2. The molecule has 5 amide bonds. The summed E-state index contributed by atoms with van der Waals surface area (Å²) >= 11 is 0. The molecule has 0 spiro atoms. The van der Waals surface area contributed by atoms with Gasteiger partial charge in [0.2, 0.25) is 11.8 Å². The zero-order chi connectivity index (χ0) is 22.8. The lowest BCUT2D eigenvalue weighted by molar-refractivity contribution is -0.136. The second kappa shape index (κ2) is 8.51. The van der Waals surface area contributed by atoms with Gasteiger partial charge in [-0.2, -0.15) is 5.26 Å². The maximum absolute atomic E-state index is 12.7. The number of anilines is 1. The molecule has 1 fully saturated rings. The highest BCUT2D eigenvalue weighted by molar-refractivity contribution is 6.05. The number of aryl methyl sites for hydroxylation is 1. The van der Waals surface area contributed by atoms with Crippen molar-refractivity contribution in [2.24, 2.45) is 0 Å². The minimum absolute atomic E-state index is 0.204. The predicted molar refractivity (Wildman–Crippen MR) is 114 cm³/mol. The molecule has 0 saturated carbocycles. The number of nitriles is 1. The highest BCUT2D eigenvalue weighted by Crippen LogP contribution is 2.28. The number of imide groups is 1. The molecular weight excluding hydrogens is 410 g/mol. The van der Waals surface area contributed by atoms with Crippen LogP contribution < -0.4 is 16.0 Å². The topological polar surface area (TPSA) is 131 Å². The van der Waals surface area contributed by atoms with Gasteiger partial charge in [0, 0.05) is 25.1 Å². The number of fused-ring (bicyclic) bond motifs is 1. The van der Waals surface area contributed by atoms with Crippen LogP contribution in [0, 0.1) is 18.3 Å². The molecule has 1 saturated heterocycles. The Morgan fingerprint density at radius 2 is 2.03 bits per heavy atom. The average molecular weight is 431 g/mol. The molecule has 162 valence electrons. The van der Waals surface area contributed by atoms with E-state index in [9.17, 15) is 24.4 Å². The van der Waals surface area contributed by atoms with Crippen LogP contribution in [-0.2, 0) is 22.7 Å². The van der Waals surface area contributed by atoms with E-state index in [2.05, 4.69) is 16.0 Å². The second-order valence-electron chi connectivity index (χ2n) is 7.86. The summed E-state index contributed by atoms with van der Waals surface area (Å²) in [5.74, 6) is -1.02. The van der Waals surface area contributed by atoms with Crippen LogP contribution in [0.5, 0.6) is 0 Å². The maximum Gasteiger partial charge on any atom is 0.319 e. The molecule has 0 aromatic heterocycles. The normalized spacial score (nSPS) is 17.4. The van der Waals surface area contributed by atoms with E-state index < -0.39 is 18.0 Å². The smallest absolute Gasteiger partial charge is 0.319 e. The molecule has 3 N–H and O–H groups in total. The van der Waals surface area contributed by atoms with Crippen molar-refractivity contribution in [3.05, 3.63) is 64.2 Å². The third kappa shape index (κ3) is 4.16. The van der Waals surface area contributed by atoms with Crippen LogP contribution in [0.1, 0.15) is 45.5 Å². The number of carbonyl (C=O) groups is 4. The molecule has 0 aliphatic carbocycles. The van der Waals surface area contributed by atoms with E-state index in [4.69, 9.17) is 0 Å². The third-order valence-corrected chi connectivity index (χ3v) is 5.58. The number of carbonyl (C=O) groups excluding carboxylic acids is 4. The lowest BCUT2D eigenvalue weighted by atomic mass is 10.0. The van der Waals surface area contributed by atoms with Gasteiger partial charge in [-0.3, -0.25) is 19.7 Å². The molecule has 9 nitrogen and oxygen atoms in total. The van der Waals surface area contributed by atoms with Crippen LogP contribution in [0.15, 0.2) is 36.4 Å². The standard InChI is InChI=1S/C23H21N5O4/c1-13-2-4-15(10-24)18(8-13)26-23(32)25-11-14-3-5-17-16(9-14)12-28(22(17)31)19-6-7-20(29)27-21(19)30/h2-5,8-9,19H,6-7,11-12H2,1H3,(H2,25,26,32)(H,27,29,30). The van der Waals surface area contributed by atoms with Gasteiger partial charge in [0.1, 0.15) is 12.1 Å². The quantitative estimate of drug-likeness (QED) is 0.637. The zero-order valence-electron chi connectivity index (χ0n) is 17.4. The van der Waals surface area contributed by atoms with Crippen molar-refractivity contribution >= 4 is 29.4 Å². The van der Waals surface area contributed by atoms with E-state index in [-0.39, 0.29) is 31.3 Å². The van der Waals surface area contributed by atoms with Crippen LogP contribution in [-0.4, -0.2) is 34.7 Å². The van der Waals surface area contributed by atoms with Crippen molar-refractivity contribution in [2.45, 2.75) is 38.9 Å². The van der Waals surface area contributed by atoms with Crippen LogP contribution in [0.25, 0.3) is 0 Å². The minimum Gasteiger partial charge on any atom is -0.334 e. The Hall–Kier alpha value is -4.19. The molecule has 2 aliphatic heterocycles. The second-order valence-corrected chi connectivity index (χ2v) is 7.86. The van der Waals surface area contributed by atoms with Crippen LogP contribution in [0.4, 0.5) is 10.5 Å². The number of benzene rings is 2. The fourth-order valence-electron chi connectivity index (χ4n) is 3.95. The van der Waals surface area contributed by atoms with E-state index in [1.807, 2.05) is 19.1 Å². The Kier molecular flexibility index (Phi) is 5.60. The highest BCUT2D eigenvalue weighted by atomic mass is 16.2. The lowest BCUT2D eigenvalue weighted by Gasteiger charge is -2.29. The monoisotopic (exact) mass is 431 g/mol. The van der Waals surface area contributed by atoms with Crippen molar-refractivity contribution in [1.29, 1.82) is 5.26 Å². The Morgan fingerprint density at radius 3 is 2.78 bits per heavy atom. The molecule has 2 heterocycles. The minimum atomic E-state index is -0.663. The lowest BCUT2D eigenvalue weighted by Crippen LogP contribution is -2.52. The molecule has 4 rings (SSSR count). The average Bonchev–Trinajstić information content (AvgIpc) is 3.08. The zero-order valence-corrected chi connectivity index (χ0v) is 17.4. The van der Waals surface area contributed by atoms with Gasteiger partial charge in [0.25, 0.3) is 5.91 Å². The van der Waals surface area contributed by atoms with Crippen molar-refractivity contribution in [2.75, 3.05) is 5.32 Å². The Bertz CT molecular complexity index is 1180. The van der Waals surface area contributed by atoms with Gasteiger partial charge in [-0.1, -0.05) is 18.2 Å². The number of nitrogens with one attached hydrogen (secondary N) is 3. The molecular formula is C23H21N5O4. The molecule has 2 aromatic carbocycles. The molecule has 1 unspecified atom stereocenters. The van der Waals surface area contributed by atoms with Crippen LogP contribution in [0.3, 0.4) is 0 Å². The van der Waals surface area contributed by atoms with Gasteiger partial charge < -0.3 is 15.5 Å². The fourth-order valence-corrected chi connectivity index (χ4v) is 3.95. The molecule has 0 radical (unpaired) electrons. The number of nitrogens with zero attached hydrogens (tertiary/aromatic N) is 2. The number of amides is 5. The summed E-state index contributed by atoms with van der Waals surface area (Å²) in [6, 6.07) is 11.4. The van der Waals surface area contributed by atoms with Crippen molar-refractivity contribution in [1.82, 2.24) is 15.5 Å². The summed E-state index contributed by atoms with van der Waals surface area (Å²) in [4.78, 5) is 50.1. The Morgan fingerprint density at radius 1 is 1.22 bits per heavy atom. The van der Waals surface area contributed by atoms with E-state index in [0.717, 1.165) is 16.7 Å². The first-order valence-corrected chi connectivity index (χ1v) is 10.2. The summed E-state index contributed by atoms with van der Waals surface area (Å²) in [5.41, 5.74) is 3.80. The van der Waals surface area contributed by atoms with Gasteiger partial charge in [0.05, 0.1) is 11.3 Å². The van der Waals surface area contributed by atoms with Crippen molar-refractivity contribution < 1.29 is 19.2 Å². The summed E-state index contributed by atoms with van der Waals surface area (Å²) in [5, 5.41) is 16.9. The largest absolute Gasteiger partial charge is 0.334 e. The molecule has 0 bridgehead atoms. The third-order valence-electron chi connectivity index (χ3n) is 5.58. The highest BCUT2D eigenvalue weighted by Gasteiger charge is 2.39. The number of hydrogen-bond acceptors (Lipinski definition) is 5. The maximum atomic E-state index is 12.7.